The van der Waals surface area contributed by atoms with Gasteiger partial charge in [-0.2, -0.15) is 0 Å². The molecule has 0 radical (unpaired) electrons. The molecule has 1 aromatic carbocycles. The lowest BCUT2D eigenvalue weighted by molar-refractivity contribution is -0.137. The number of fused-ring (bicyclic) bond motifs is 1. The zero-order valence-corrected chi connectivity index (χ0v) is 23.1. The highest BCUT2D eigenvalue weighted by atomic mass is 32.1. The summed E-state index contributed by atoms with van der Waals surface area (Å²) in [4.78, 5) is 39.7. The van der Waals surface area contributed by atoms with Crippen molar-refractivity contribution in [2.75, 3.05) is 57.2 Å². The molecule has 0 aliphatic carbocycles. The maximum Gasteiger partial charge on any atom is 0.300 e. The Kier molecular flexibility index (Phi) is 7.70. The average molecular weight is 569 g/mol. The summed E-state index contributed by atoms with van der Waals surface area (Å²) in [5.74, 6) is -1.56. The zero-order valence-electron chi connectivity index (χ0n) is 22.2. The van der Waals surface area contributed by atoms with Crippen LogP contribution in [0.4, 0.5) is 15.8 Å². The molecular formula is C27H29FN6O5S. The van der Waals surface area contributed by atoms with Crippen molar-refractivity contribution in [3.63, 3.8) is 0 Å². The van der Waals surface area contributed by atoms with Crippen molar-refractivity contribution in [2.24, 2.45) is 0 Å². The van der Waals surface area contributed by atoms with Crippen molar-refractivity contribution in [1.29, 1.82) is 0 Å². The second kappa shape index (κ2) is 11.2. The summed E-state index contributed by atoms with van der Waals surface area (Å²) >= 11 is 1.23. The van der Waals surface area contributed by atoms with Crippen LogP contribution < -0.4 is 15.4 Å². The van der Waals surface area contributed by atoms with Gasteiger partial charge in [-0.25, -0.2) is 14.4 Å². The molecule has 210 valence electrons. The Morgan fingerprint density at radius 2 is 1.95 bits per heavy atom. The van der Waals surface area contributed by atoms with Crippen LogP contribution in [0.2, 0.25) is 0 Å². The van der Waals surface area contributed by atoms with Crippen LogP contribution in [0.3, 0.4) is 0 Å². The van der Waals surface area contributed by atoms with E-state index in [9.17, 15) is 24.2 Å². The number of pyridine rings is 1. The number of hydrogen-bond donors (Lipinski definition) is 2. The first-order valence-corrected chi connectivity index (χ1v) is 13.4. The molecule has 0 bridgehead atoms. The molecule has 13 heteroatoms. The standard InChI is InChI=1S/C27H29FN6O5S/c1-31(2)26(37)27(38)32(3)20-13-17(28)5-4-16(20)12-19-14-29-24(40-19)22-23(35)25(36)34-15-18(6-7-21(34)30-22)33-8-10-39-11-9-33/h4-7,13-15,27,35,38H,8-12H2,1-3H3. The van der Waals surface area contributed by atoms with Crippen molar-refractivity contribution >= 4 is 34.3 Å². The molecule has 1 atom stereocenters. The second-order valence-corrected chi connectivity index (χ2v) is 10.7. The summed E-state index contributed by atoms with van der Waals surface area (Å²) in [5.41, 5.74) is 1.67. The second-order valence-electron chi connectivity index (χ2n) is 9.63. The Bertz CT molecular complexity index is 1620. The maximum atomic E-state index is 14.1. The number of anilines is 2. The smallest absolute Gasteiger partial charge is 0.300 e. The molecule has 4 heterocycles. The van der Waals surface area contributed by atoms with Gasteiger partial charge in [0.15, 0.2) is 0 Å². The number of likely N-dealkylation sites (N-methyl/N-ethyl adjacent to an activating group) is 2. The molecule has 0 saturated carbocycles. The Morgan fingerprint density at radius 3 is 2.67 bits per heavy atom. The quantitative estimate of drug-likeness (QED) is 0.322. The lowest BCUT2D eigenvalue weighted by Gasteiger charge is -2.28. The van der Waals surface area contributed by atoms with E-state index in [4.69, 9.17) is 4.74 Å². The van der Waals surface area contributed by atoms with Crippen LogP contribution in [0.1, 0.15) is 10.4 Å². The van der Waals surface area contributed by atoms with Gasteiger partial charge in [0.25, 0.3) is 5.91 Å². The summed E-state index contributed by atoms with van der Waals surface area (Å²) < 4.78 is 20.9. The van der Waals surface area contributed by atoms with Crippen LogP contribution in [0.15, 0.2) is 47.5 Å². The minimum absolute atomic E-state index is 0.0730. The number of hydrogen-bond acceptors (Lipinski definition) is 10. The normalized spacial score (nSPS) is 14.4. The molecule has 40 heavy (non-hydrogen) atoms. The first-order valence-electron chi connectivity index (χ1n) is 12.6. The molecular weight excluding hydrogens is 539 g/mol. The number of halogens is 1. The van der Waals surface area contributed by atoms with E-state index >= 15 is 0 Å². The van der Waals surface area contributed by atoms with Crippen molar-refractivity contribution in [3.05, 3.63) is 69.3 Å². The third-order valence-electron chi connectivity index (χ3n) is 6.74. The molecule has 1 fully saturated rings. The van der Waals surface area contributed by atoms with Crippen LogP contribution in [0.5, 0.6) is 5.75 Å². The van der Waals surface area contributed by atoms with Crippen LogP contribution in [0.25, 0.3) is 16.3 Å². The number of morpholine rings is 1. The molecule has 3 aromatic heterocycles. The van der Waals surface area contributed by atoms with Gasteiger partial charge in [0.2, 0.25) is 12.0 Å². The summed E-state index contributed by atoms with van der Waals surface area (Å²) in [6.07, 6.45) is 2.06. The zero-order chi connectivity index (χ0) is 28.6. The van der Waals surface area contributed by atoms with Gasteiger partial charge >= 0.3 is 5.56 Å². The van der Waals surface area contributed by atoms with E-state index < -0.39 is 29.3 Å². The number of aliphatic hydroxyl groups is 1. The topological polar surface area (TPSA) is 124 Å². The summed E-state index contributed by atoms with van der Waals surface area (Å²) in [6.45, 7) is 2.62. The highest BCUT2D eigenvalue weighted by Gasteiger charge is 2.25. The predicted molar refractivity (Wildman–Crippen MR) is 150 cm³/mol. The number of aromatic hydroxyl groups is 1. The number of aliphatic hydroxyl groups excluding tert-OH is 1. The first kappa shape index (κ1) is 27.5. The number of ether oxygens (including phenoxy) is 1. The number of carbonyl (C=O) groups excluding carboxylic acids is 1. The van der Waals surface area contributed by atoms with Gasteiger partial charge in [-0.15, -0.1) is 11.3 Å². The fourth-order valence-corrected chi connectivity index (χ4v) is 5.43. The summed E-state index contributed by atoms with van der Waals surface area (Å²) in [5, 5.41) is 21.6. The highest BCUT2D eigenvalue weighted by Crippen LogP contribution is 2.32. The maximum absolute atomic E-state index is 14.1. The Labute approximate surface area is 233 Å². The highest BCUT2D eigenvalue weighted by molar-refractivity contribution is 7.15. The molecule has 1 aliphatic heterocycles. The van der Waals surface area contributed by atoms with E-state index in [2.05, 4.69) is 14.9 Å². The number of nitrogens with zero attached hydrogens (tertiary/aromatic N) is 6. The van der Waals surface area contributed by atoms with Gasteiger partial charge in [0, 0.05) is 63.6 Å². The molecule has 1 aliphatic rings. The molecule has 4 aromatic rings. The molecule has 0 spiro atoms. The predicted octanol–water partition coefficient (Wildman–Crippen LogP) is 1.93. The van der Waals surface area contributed by atoms with E-state index in [0.717, 1.165) is 10.6 Å². The molecule has 1 saturated heterocycles. The van der Waals surface area contributed by atoms with Gasteiger partial charge in [-0.05, 0) is 29.8 Å². The van der Waals surface area contributed by atoms with Gasteiger partial charge in [-0.3, -0.25) is 14.0 Å². The Morgan fingerprint density at radius 1 is 1.20 bits per heavy atom. The fourth-order valence-electron chi connectivity index (χ4n) is 4.51. The monoisotopic (exact) mass is 568 g/mol. The first-order chi connectivity index (χ1) is 19.1. The van der Waals surface area contributed by atoms with Crippen LogP contribution in [-0.2, 0) is 16.0 Å². The number of thiazole rings is 1. The van der Waals surface area contributed by atoms with E-state index in [-0.39, 0.29) is 5.69 Å². The number of aromatic nitrogens is 3. The minimum Gasteiger partial charge on any atom is -0.501 e. The molecule has 2 N–H and O–H groups in total. The lowest BCUT2D eigenvalue weighted by atomic mass is 10.1. The Hall–Kier alpha value is -4.07. The van der Waals surface area contributed by atoms with Gasteiger partial charge in [0.05, 0.1) is 18.9 Å². The third-order valence-corrected chi connectivity index (χ3v) is 7.74. The summed E-state index contributed by atoms with van der Waals surface area (Å²) in [7, 11) is 4.56. The molecule has 1 unspecified atom stereocenters. The van der Waals surface area contributed by atoms with Crippen molar-refractivity contribution in [1.82, 2.24) is 19.3 Å². The van der Waals surface area contributed by atoms with Crippen molar-refractivity contribution in [2.45, 2.75) is 12.6 Å². The Balaban J connectivity index is 1.44. The molecule has 5 rings (SSSR count). The number of rotatable bonds is 7. The van der Waals surface area contributed by atoms with Gasteiger partial charge in [0.1, 0.15) is 22.2 Å². The molecule has 11 nitrogen and oxygen atoms in total. The van der Waals surface area contributed by atoms with E-state index in [1.54, 1.807) is 24.5 Å². The van der Waals surface area contributed by atoms with E-state index in [0.29, 0.717) is 54.6 Å². The largest absolute Gasteiger partial charge is 0.501 e. The van der Waals surface area contributed by atoms with Gasteiger partial charge < -0.3 is 29.6 Å². The third kappa shape index (κ3) is 5.35. The SMILES string of the molecule is CN(C)C(=O)C(O)N(C)c1cc(F)ccc1Cc1cnc(-c2nc3ccc(N4CCOCC4)cn3c(=O)c2O)s1. The summed E-state index contributed by atoms with van der Waals surface area (Å²) in [6, 6.07) is 7.75. The fraction of sp³-hybridized carbons (Fsp3) is 0.333. The van der Waals surface area contributed by atoms with Gasteiger partial charge in [-0.1, -0.05) is 6.07 Å². The van der Waals surface area contributed by atoms with E-state index in [1.165, 1.54) is 58.8 Å². The number of benzene rings is 1. The number of carbonyl (C=O) groups is 1. The average Bonchev–Trinajstić information content (AvgIpc) is 3.43. The van der Waals surface area contributed by atoms with Crippen molar-refractivity contribution in [3.8, 4) is 16.5 Å². The van der Waals surface area contributed by atoms with Crippen LogP contribution in [0, 0.1) is 5.82 Å². The molecule has 1 amide bonds. The van der Waals surface area contributed by atoms with E-state index in [1.807, 2.05) is 6.07 Å². The van der Waals surface area contributed by atoms with Crippen LogP contribution >= 0.6 is 11.3 Å². The lowest BCUT2D eigenvalue weighted by Crippen LogP contribution is -2.45. The minimum atomic E-state index is -1.50. The number of amides is 1. The van der Waals surface area contributed by atoms with Crippen molar-refractivity contribution < 1.29 is 24.1 Å². The van der Waals surface area contributed by atoms with Crippen LogP contribution in [-0.4, -0.2) is 89.1 Å².